The average molecular weight is 668 g/mol. The zero-order chi connectivity index (χ0) is 34.3. The van der Waals surface area contributed by atoms with Crippen LogP contribution in [0.4, 0.5) is 10.2 Å². The van der Waals surface area contributed by atoms with E-state index in [1.165, 1.54) is 36.7 Å². The van der Waals surface area contributed by atoms with E-state index in [0.717, 1.165) is 44.7 Å². The lowest BCUT2D eigenvalue weighted by Gasteiger charge is -2.26. The van der Waals surface area contributed by atoms with Crippen molar-refractivity contribution in [3.63, 3.8) is 0 Å². The van der Waals surface area contributed by atoms with Crippen LogP contribution in [0.15, 0.2) is 84.2 Å². The van der Waals surface area contributed by atoms with Gasteiger partial charge in [0.05, 0.1) is 38.6 Å². The summed E-state index contributed by atoms with van der Waals surface area (Å²) >= 11 is 0. The molecular formula is C37H38FN5O6. The first-order valence-corrected chi connectivity index (χ1v) is 16.2. The Morgan fingerprint density at radius 3 is 2.51 bits per heavy atom. The number of rotatable bonds is 12. The Hall–Kier alpha value is -5.33. The van der Waals surface area contributed by atoms with Gasteiger partial charge in [0.1, 0.15) is 28.7 Å². The number of carbonyl (C=O) groups is 1. The Morgan fingerprint density at radius 1 is 1.00 bits per heavy atom. The molecule has 254 valence electrons. The van der Waals surface area contributed by atoms with Crippen LogP contribution in [-0.4, -0.2) is 71.9 Å². The molecule has 1 aliphatic heterocycles. The number of nitrogens with zero attached hydrogens (tertiary/aromatic N) is 4. The number of carbonyl (C=O) groups excluding carboxylic acids is 1. The molecule has 4 heterocycles. The van der Waals surface area contributed by atoms with Crippen LogP contribution in [0.2, 0.25) is 0 Å². The maximum atomic E-state index is 13.5. The summed E-state index contributed by atoms with van der Waals surface area (Å²) in [4.78, 5) is 37.9. The topological polar surface area (TPSA) is 117 Å². The maximum Gasteiger partial charge on any atom is 0.262 e. The van der Waals surface area contributed by atoms with Crippen LogP contribution >= 0.6 is 0 Å². The molecular weight excluding hydrogens is 629 g/mol. The molecule has 0 bridgehead atoms. The molecule has 1 aliphatic rings. The van der Waals surface area contributed by atoms with Gasteiger partial charge in [-0.05, 0) is 62.2 Å². The molecule has 1 fully saturated rings. The van der Waals surface area contributed by atoms with Crippen LogP contribution in [0.25, 0.3) is 22.0 Å². The van der Waals surface area contributed by atoms with E-state index < -0.39 is 17.2 Å². The summed E-state index contributed by atoms with van der Waals surface area (Å²) in [7, 11) is 1.59. The Labute approximate surface area is 283 Å². The molecule has 11 nitrogen and oxygen atoms in total. The highest BCUT2D eigenvalue weighted by molar-refractivity contribution is 6.04. The Bertz CT molecular complexity index is 1980. The number of benzene rings is 2. The number of methoxy groups -OCH3 is 1. The molecule has 0 saturated carbocycles. The highest BCUT2D eigenvalue weighted by Crippen LogP contribution is 2.37. The molecule has 1 saturated heterocycles. The van der Waals surface area contributed by atoms with E-state index >= 15 is 0 Å². The summed E-state index contributed by atoms with van der Waals surface area (Å²) in [6.07, 6.45) is 7.18. The summed E-state index contributed by atoms with van der Waals surface area (Å²) in [5.74, 6) is 1.33. The molecule has 6 rings (SSSR count). The minimum atomic E-state index is -0.615. The van der Waals surface area contributed by atoms with Crippen molar-refractivity contribution in [2.75, 3.05) is 51.9 Å². The van der Waals surface area contributed by atoms with E-state index in [-0.39, 0.29) is 17.4 Å². The van der Waals surface area contributed by atoms with Gasteiger partial charge in [0.2, 0.25) is 5.43 Å². The highest BCUT2D eigenvalue weighted by atomic mass is 19.1. The second kappa shape index (κ2) is 15.3. The largest absolute Gasteiger partial charge is 0.493 e. The number of ether oxygens (including phenoxy) is 4. The molecule has 49 heavy (non-hydrogen) atoms. The predicted octanol–water partition coefficient (Wildman–Crippen LogP) is 6.33. The third-order valence-electron chi connectivity index (χ3n) is 8.21. The first kappa shape index (κ1) is 33.6. The first-order chi connectivity index (χ1) is 23.8. The van der Waals surface area contributed by atoms with Gasteiger partial charge in [-0.2, -0.15) is 0 Å². The van der Waals surface area contributed by atoms with Gasteiger partial charge < -0.3 is 28.8 Å². The fourth-order valence-corrected chi connectivity index (χ4v) is 5.50. The van der Waals surface area contributed by atoms with E-state index in [2.05, 4.69) is 20.2 Å². The molecule has 0 radical (unpaired) electrons. The fourth-order valence-electron chi connectivity index (χ4n) is 5.50. The molecule has 0 unspecified atom stereocenters. The molecule has 2 aromatic carbocycles. The lowest BCUT2D eigenvalue weighted by atomic mass is 10.0. The van der Waals surface area contributed by atoms with Gasteiger partial charge in [-0.15, -0.1) is 0 Å². The molecule has 3 aromatic heterocycles. The summed E-state index contributed by atoms with van der Waals surface area (Å²) < 4.78 is 38.6. The second-order valence-electron chi connectivity index (χ2n) is 11.9. The fraction of sp³-hybridized carbons (Fsp3) is 0.297. The number of amides is 1. The van der Waals surface area contributed by atoms with Crippen LogP contribution < -0.4 is 25.0 Å². The van der Waals surface area contributed by atoms with Crippen molar-refractivity contribution in [2.45, 2.75) is 26.3 Å². The van der Waals surface area contributed by atoms with Crippen molar-refractivity contribution in [3.05, 3.63) is 101 Å². The number of aromatic nitrogens is 3. The molecule has 5 aromatic rings. The van der Waals surface area contributed by atoms with Crippen LogP contribution in [0.3, 0.4) is 0 Å². The predicted molar refractivity (Wildman–Crippen MR) is 184 cm³/mol. The van der Waals surface area contributed by atoms with Gasteiger partial charge in [0.15, 0.2) is 11.5 Å². The quantitative estimate of drug-likeness (QED) is 0.152. The number of pyridine rings is 3. The standard InChI is InChI=1S/C37H38FN5O6/c1-24(2)43-22-29(25-5-7-26(38)8-6-25)36(44)30(23-43)37(45)41-35-10-9-27(21-40-35)49-32-11-12-39-31-20-34(33(46-3)19-28(31)32)48-16-4-13-42-14-17-47-18-15-42/h5-12,19-24H,4,13-18H2,1-3H3,(H,40,41,45). The lowest BCUT2D eigenvalue weighted by Crippen LogP contribution is -2.37. The Balaban J connectivity index is 1.15. The zero-order valence-electron chi connectivity index (χ0n) is 27.6. The van der Waals surface area contributed by atoms with Crippen molar-refractivity contribution < 1.29 is 28.1 Å². The molecule has 0 spiro atoms. The average Bonchev–Trinajstić information content (AvgIpc) is 3.11. The van der Waals surface area contributed by atoms with E-state index in [0.29, 0.717) is 46.2 Å². The minimum Gasteiger partial charge on any atom is -0.493 e. The maximum absolute atomic E-state index is 13.5. The summed E-state index contributed by atoms with van der Waals surface area (Å²) in [6, 6.07) is 14.2. The third kappa shape index (κ3) is 8.04. The van der Waals surface area contributed by atoms with Gasteiger partial charge in [-0.3, -0.25) is 19.5 Å². The van der Waals surface area contributed by atoms with Gasteiger partial charge in [0, 0.05) is 61.3 Å². The number of hydrogen-bond acceptors (Lipinski definition) is 9. The monoisotopic (exact) mass is 667 g/mol. The molecule has 0 atom stereocenters. The number of hydrogen-bond donors (Lipinski definition) is 1. The summed E-state index contributed by atoms with van der Waals surface area (Å²) in [5.41, 5.74) is 0.951. The first-order valence-electron chi connectivity index (χ1n) is 16.2. The van der Waals surface area contributed by atoms with Crippen molar-refractivity contribution in [1.82, 2.24) is 19.4 Å². The van der Waals surface area contributed by atoms with Crippen LogP contribution in [-0.2, 0) is 4.74 Å². The van der Waals surface area contributed by atoms with Gasteiger partial charge in [-0.25, -0.2) is 9.37 Å². The number of morpholine rings is 1. The molecule has 0 aliphatic carbocycles. The van der Waals surface area contributed by atoms with Crippen LogP contribution in [0, 0.1) is 5.82 Å². The van der Waals surface area contributed by atoms with Gasteiger partial charge in [-0.1, -0.05) is 12.1 Å². The van der Waals surface area contributed by atoms with Gasteiger partial charge in [0.25, 0.3) is 5.91 Å². The lowest BCUT2D eigenvalue weighted by molar-refractivity contribution is 0.0357. The van der Waals surface area contributed by atoms with Crippen molar-refractivity contribution in [2.24, 2.45) is 0 Å². The molecule has 1 amide bonds. The smallest absolute Gasteiger partial charge is 0.262 e. The number of halogens is 1. The SMILES string of the molecule is COc1cc2c(Oc3ccc(NC(=O)c4cn(C(C)C)cc(-c5ccc(F)cc5)c4=O)nc3)ccnc2cc1OCCCN1CCOCC1. The van der Waals surface area contributed by atoms with Crippen LogP contribution in [0.1, 0.15) is 36.7 Å². The Morgan fingerprint density at radius 2 is 1.80 bits per heavy atom. The minimum absolute atomic E-state index is 0.0326. The summed E-state index contributed by atoms with van der Waals surface area (Å²) in [5, 5.41) is 3.43. The van der Waals surface area contributed by atoms with E-state index in [4.69, 9.17) is 18.9 Å². The third-order valence-corrected chi connectivity index (χ3v) is 8.21. The summed E-state index contributed by atoms with van der Waals surface area (Å²) in [6.45, 7) is 8.76. The number of nitrogens with one attached hydrogen (secondary N) is 1. The Kier molecular flexibility index (Phi) is 10.5. The van der Waals surface area contributed by atoms with Gasteiger partial charge >= 0.3 is 0 Å². The molecule has 1 N–H and O–H groups in total. The number of fused-ring (bicyclic) bond motifs is 1. The second-order valence-corrected chi connectivity index (χ2v) is 11.9. The number of anilines is 1. The van der Waals surface area contributed by atoms with Crippen molar-refractivity contribution in [1.29, 1.82) is 0 Å². The van der Waals surface area contributed by atoms with E-state index in [1.54, 1.807) is 42.3 Å². The van der Waals surface area contributed by atoms with E-state index in [1.807, 2.05) is 26.0 Å². The van der Waals surface area contributed by atoms with E-state index in [9.17, 15) is 14.0 Å². The highest BCUT2D eigenvalue weighted by Gasteiger charge is 2.19. The van der Waals surface area contributed by atoms with Crippen LogP contribution in [0.5, 0.6) is 23.0 Å². The molecule has 12 heteroatoms. The normalized spacial score (nSPS) is 13.4. The van der Waals surface area contributed by atoms with Crippen molar-refractivity contribution >= 4 is 22.6 Å². The zero-order valence-corrected chi connectivity index (χ0v) is 27.6. The van der Waals surface area contributed by atoms with Crippen molar-refractivity contribution in [3.8, 4) is 34.1 Å².